The molecule has 0 aromatic heterocycles. The molecule has 1 aromatic rings. The molecule has 0 aliphatic carbocycles. The second kappa shape index (κ2) is 9.52. The molecule has 0 fully saturated rings. The van der Waals surface area contributed by atoms with Gasteiger partial charge in [0.05, 0.1) is 18.9 Å². The van der Waals surface area contributed by atoms with Gasteiger partial charge in [0, 0.05) is 6.04 Å². The molecule has 2 atom stereocenters. The van der Waals surface area contributed by atoms with Crippen molar-refractivity contribution in [2.45, 2.75) is 73.5 Å². The standard InChI is InChI=1S/C22H35NO5/c1-14(23-8)20(26)15-9-10-16(27-18(24)12-21(2,3)4)17(11-15)28-19(25)13-22(5,6)7/h9-11,14,20,23,26H,12-13H2,1-8H3. The fourth-order valence-electron chi connectivity index (χ4n) is 2.50. The normalized spacial score (nSPS) is 14.3. The van der Waals surface area contributed by atoms with E-state index in [0.29, 0.717) is 5.56 Å². The average Bonchev–Trinajstić information content (AvgIpc) is 2.51. The third-order valence-electron chi connectivity index (χ3n) is 4.04. The zero-order valence-corrected chi connectivity index (χ0v) is 18.4. The number of carbonyl (C=O) groups is 2. The van der Waals surface area contributed by atoms with Gasteiger partial charge in [-0.05, 0) is 42.5 Å². The van der Waals surface area contributed by atoms with Crippen LogP contribution in [0.15, 0.2) is 18.2 Å². The molecular weight excluding hydrogens is 358 g/mol. The molecule has 0 amide bonds. The number of nitrogens with one attached hydrogen (secondary N) is 1. The molecule has 2 N–H and O–H groups in total. The van der Waals surface area contributed by atoms with Crippen LogP contribution in [0.2, 0.25) is 0 Å². The number of carbonyl (C=O) groups excluding carboxylic acids is 2. The average molecular weight is 394 g/mol. The van der Waals surface area contributed by atoms with E-state index in [4.69, 9.17) is 9.47 Å². The quantitative estimate of drug-likeness (QED) is 0.538. The summed E-state index contributed by atoms with van der Waals surface area (Å²) in [4.78, 5) is 24.6. The Morgan fingerprint density at radius 3 is 1.86 bits per heavy atom. The van der Waals surface area contributed by atoms with E-state index in [0.717, 1.165) is 0 Å². The highest BCUT2D eigenvalue weighted by Gasteiger charge is 2.24. The maximum atomic E-state index is 12.3. The van der Waals surface area contributed by atoms with Crippen molar-refractivity contribution in [1.29, 1.82) is 0 Å². The van der Waals surface area contributed by atoms with Crippen LogP contribution in [-0.2, 0) is 9.59 Å². The summed E-state index contributed by atoms with van der Waals surface area (Å²) in [7, 11) is 1.75. The molecular formula is C22H35NO5. The molecule has 6 nitrogen and oxygen atoms in total. The SMILES string of the molecule is CNC(C)C(O)c1ccc(OC(=O)CC(C)(C)C)c(OC(=O)CC(C)(C)C)c1. The number of ether oxygens (including phenoxy) is 2. The van der Waals surface area contributed by atoms with E-state index in [9.17, 15) is 14.7 Å². The molecule has 0 saturated carbocycles. The zero-order chi connectivity index (χ0) is 21.7. The minimum atomic E-state index is -0.801. The summed E-state index contributed by atoms with van der Waals surface area (Å²) in [6.07, 6.45) is -0.365. The van der Waals surface area contributed by atoms with Crippen molar-refractivity contribution in [3.8, 4) is 11.5 Å². The number of benzene rings is 1. The van der Waals surface area contributed by atoms with E-state index < -0.39 is 18.0 Å². The molecule has 0 radical (unpaired) electrons. The molecule has 0 saturated heterocycles. The summed E-state index contributed by atoms with van der Waals surface area (Å²) in [5.41, 5.74) is 0.104. The lowest BCUT2D eigenvalue weighted by molar-refractivity contribution is -0.139. The van der Waals surface area contributed by atoms with Crippen molar-refractivity contribution in [3.05, 3.63) is 23.8 Å². The smallest absolute Gasteiger partial charge is 0.311 e. The van der Waals surface area contributed by atoms with Gasteiger partial charge in [-0.3, -0.25) is 9.59 Å². The van der Waals surface area contributed by atoms with Crippen LogP contribution in [0.25, 0.3) is 0 Å². The number of likely N-dealkylation sites (N-methyl/N-ethyl adjacent to an activating group) is 1. The third-order valence-corrected chi connectivity index (χ3v) is 4.04. The lowest BCUT2D eigenvalue weighted by Crippen LogP contribution is -2.28. The summed E-state index contributed by atoms with van der Waals surface area (Å²) in [5.74, 6) is -0.521. The Kier molecular flexibility index (Phi) is 8.20. The van der Waals surface area contributed by atoms with E-state index in [1.807, 2.05) is 48.5 Å². The summed E-state index contributed by atoms with van der Waals surface area (Å²) < 4.78 is 11.0. The largest absolute Gasteiger partial charge is 0.423 e. The number of rotatable bonds is 7. The highest BCUT2D eigenvalue weighted by Crippen LogP contribution is 2.33. The first kappa shape index (κ1) is 24.1. The summed E-state index contributed by atoms with van der Waals surface area (Å²) >= 11 is 0. The second-order valence-corrected chi connectivity index (χ2v) is 9.65. The third kappa shape index (κ3) is 8.40. The van der Waals surface area contributed by atoms with Gasteiger partial charge in [-0.25, -0.2) is 0 Å². The first-order valence-electron chi connectivity index (χ1n) is 9.62. The molecule has 0 spiro atoms. The first-order chi connectivity index (χ1) is 12.7. The Bertz CT molecular complexity index is 685. The lowest BCUT2D eigenvalue weighted by Gasteiger charge is -2.21. The molecule has 0 heterocycles. The second-order valence-electron chi connectivity index (χ2n) is 9.65. The molecule has 0 aliphatic rings. The van der Waals surface area contributed by atoms with Gasteiger partial charge in [-0.15, -0.1) is 0 Å². The van der Waals surface area contributed by atoms with Gasteiger partial charge in [0.25, 0.3) is 0 Å². The molecule has 1 aromatic carbocycles. The van der Waals surface area contributed by atoms with Crippen LogP contribution in [0, 0.1) is 10.8 Å². The predicted octanol–water partition coefficient (Wildman–Crippen LogP) is 4.01. The van der Waals surface area contributed by atoms with Crippen LogP contribution in [-0.4, -0.2) is 30.1 Å². The van der Waals surface area contributed by atoms with Crippen molar-refractivity contribution in [2.75, 3.05) is 7.05 Å². The van der Waals surface area contributed by atoms with Crippen LogP contribution in [0.4, 0.5) is 0 Å². The van der Waals surface area contributed by atoms with Crippen molar-refractivity contribution in [2.24, 2.45) is 10.8 Å². The molecule has 158 valence electrons. The maximum Gasteiger partial charge on any atom is 0.311 e. The molecule has 1 rings (SSSR count). The van der Waals surface area contributed by atoms with Crippen LogP contribution in [0.3, 0.4) is 0 Å². The Hall–Kier alpha value is -1.92. The maximum absolute atomic E-state index is 12.3. The summed E-state index contributed by atoms with van der Waals surface area (Å²) in [6.45, 7) is 13.5. The Morgan fingerprint density at radius 1 is 0.964 bits per heavy atom. The molecule has 6 heteroatoms. The van der Waals surface area contributed by atoms with E-state index in [-0.39, 0.29) is 41.2 Å². The highest BCUT2D eigenvalue weighted by atomic mass is 16.6. The number of aliphatic hydroxyl groups excluding tert-OH is 1. The predicted molar refractivity (Wildman–Crippen MR) is 109 cm³/mol. The number of aliphatic hydroxyl groups is 1. The van der Waals surface area contributed by atoms with Crippen molar-refractivity contribution >= 4 is 11.9 Å². The van der Waals surface area contributed by atoms with Gasteiger partial charge in [0.1, 0.15) is 0 Å². The van der Waals surface area contributed by atoms with E-state index in [1.54, 1.807) is 25.2 Å². The monoisotopic (exact) mass is 393 g/mol. The van der Waals surface area contributed by atoms with Crippen molar-refractivity contribution < 1.29 is 24.2 Å². The molecule has 0 aliphatic heterocycles. The van der Waals surface area contributed by atoms with Crippen LogP contribution < -0.4 is 14.8 Å². The van der Waals surface area contributed by atoms with Crippen LogP contribution in [0.1, 0.15) is 73.0 Å². The molecule has 28 heavy (non-hydrogen) atoms. The summed E-state index contributed by atoms with van der Waals surface area (Å²) in [5, 5.41) is 13.4. The molecule has 0 bridgehead atoms. The Labute approximate surface area is 168 Å². The number of esters is 2. The Morgan fingerprint density at radius 2 is 1.43 bits per heavy atom. The first-order valence-corrected chi connectivity index (χ1v) is 9.62. The van der Waals surface area contributed by atoms with Gasteiger partial charge >= 0.3 is 11.9 Å². The fraction of sp³-hybridized carbons (Fsp3) is 0.636. The number of hydrogen-bond donors (Lipinski definition) is 2. The van der Waals surface area contributed by atoms with Gasteiger partial charge < -0.3 is 19.9 Å². The lowest BCUT2D eigenvalue weighted by atomic mass is 9.92. The van der Waals surface area contributed by atoms with Crippen molar-refractivity contribution in [3.63, 3.8) is 0 Å². The fourth-order valence-corrected chi connectivity index (χ4v) is 2.50. The zero-order valence-electron chi connectivity index (χ0n) is 18.4. The minimum Gasteiger partial charge on any atom is -0.423 e. The van der Waals surface area contributed by atoms with Gasteiger partial charge in [0.2, 0.25) is 0 Å². The van der Waals surface area contributed by atoms with Gasteiger partial charge in [-0.1, -0.05) is 47.6 Å². The van der Waals surface area contributed by atoms with E-state index in [2.05, 4.69) is 5.32 Å². The minimum absolute atomic E-state index is 0.136. The number of hydrogen-bond acceptors (Lipinski definition) is 6. The topological polar surface area (TPSA) is 84.9 Å². The molecule has 2 unspecified atom stereocenters. The highest BCUT2D eigenvalue weighted by molar-refractivity contribution is 5.77. The van der Waals surface area contributed by atoms with Crippen molar-refractivity contribution in [1.82, 2.24) is 5.32 Å². The summed E-state index contributed by atoms with van der Waals surface area (Å²) in [6, 6.07) is 4.58. The van der Waals surface area contributed by atoms with Crippen LogP contribution in [0.5, 0.6) is 11.5 Å². The van der Waals surface area contributed by atoms with E-state index >= 15 is 0 Å². The van der Waals surface area contributed by atoms with E-state index in [1.165, 1.54) is 0 Å². The Balaban J connectivity index is 3.15. The van der Waals surface area contributed by atoms with Crippen LogP contribution >= 0.6 is 0 Å². The van der Waals surface area contributed by atoms with Gasteiger partial charge in [0.15, 0.2) is 11.5 Å². The van der Waals surface area contributed by atoms with Gasteiger partial charge in [-0.2, -0.15) is 0 Å².